The van der Waals surface area contributed by atoms with E-state index in [2.05, 4.69) is 5.32 Å². The van der Waals surface area contributed by atoms with E-state index in [4.69, 9.17) is 16.3 Å². The van der Waals surface area contributed by atoms with Gasteiger partial charge in [0.15, 0.2) is 6.10 Å². The Morgan fingerprint density at radius 3 is 2.36 bits per heavy atom. The molecule has 148 valence electrons. The molecule has 0 aliphatic carbocycles. The van der Waals surface area contributed by atoms with E-state index in [9.17, 15) is 9.59 Å². The number of benzene rings is 2. The summed E-state index contributed by atoms with van der Waals surface area (Å²) in [7, 11) is 0. The van der Waals surface area contributed by atoms with Crippen molar-refractivity contribution in [2.45, 2.75) is 13.0 Å². The highest BCUT2D eigenvalue weighted by atomic mass is 35.5. The minimum Gasteiger partial charge on any atom is -0.481 e. The summed E-state index contributed by atoms with van der Waals surface area (Å²) in [5.41, 5.74) is 0.606. The number of halogens is 1. The zero-order chi connectivity index (χ0) is 19.9. The largest absolute Gasteiger partial charge is 0.481 e. The first-order valence-corrected chi connectivity index (χ1v) is 9.68. The Morgan fingerprint density at radius 2 is 1.68 bits per heavy atom. The van der Waals surface area contributed by atoms with Crippen molar-refractivity contribution < 1.29 is 14.3 Å². The first-order valence-electron chi connectivity index (χ1n) is 9.30. The van der Waals surface area contributed by atoms with Crippen molar-refractivity contribution in [3.63, 3.8) is 0 Å². The number of nitrogens with one attached hydrogen (secondary N) is 1. The first kappa shape index (κ1) is 20.2. The van der Waals surface area contributed by atoms with Gasteiger partial charge in [-0.3, -0.25) is 14.5 Å². The van der Waals surface area contributed by atoms with Crippen LogP contribution in [0, 0.1) is 0 Å². The van der Waals surface area contributed by atoms with E-state index in [1.54, 1.807) is 24.0 Å². The number of ether oxygens (including phenoxy) is 1. The second-order valence-electron chi connectivity index (χ2n) is 6.70. The van der Waals surface area contributed by atoms with Crippen LogP contribution in [-0.4, -0.2) is 60.4 Å². The molecule has 1 aliphatic rings. The van der Waals surface area contributed by atoms with Crippen molar-refractivity contribution in [1.82, 2.24) is 9.80 Å². The Balaban J connectivity index is 1.44. The van der Waals surface area contributed by atoms with Gasteiger partial charge in [-0.25, -0.2) is 0 Å². The van der Waals surface area contributed by atoms with Gasteiger partial charge in [-0.2, -0.15) is 0 Å². The molecule has 1 fully saturated rings. The Morgan fingerprint density at radius 1 is 1.04 bits per heavy atom. The fraction of sp³-hybridized carbons (Fsp3) is 0.333. The van der Waals surface area contributed by atoms with Crippen molar-refractivity contribution in [1.29, 1.82) is 0 Å². The average molecular weight is 402 g/mol. The molecule has 1 saturated heterocycles. The van der Waals surface area contributed by atoms with Crippen molar-refractivity contribution in [3.8, 4) is 5.75 Å². The van der Waals surface area contributed by atoms with Crippen LogP contribution in [0.3, 0.4) is 0 Å². The van der Waals surface area contributed by atoms with Crippen LogP contribution in [0.1, 0.15) is 6.92 Å². The lowest BCUT2D eigenvalue weighted by Crippen LogP contribution is -2.53. The van der Waals surface area contributed by atoms with Gasteiger partial charge < -0.3 is 15.0 Å². The SMILES string of the molecule is CC(Oc1ccccc1)C(=O)N1CCN(CC(=O)Nc2ccccc2Cl)CC1. The fourth-order valence-electron chi connectivity index (χ4n) is 3.09. The lowest BCUT2D eigenvalue weighted by Gasteiger charge is -2.35. The minimum absolute atomic E-state index is 0.0379. The number of para-hydroxylation sites is 2. The maximum atomic E-state index is 12.6. The van der Waals surface area contributed by atoms with Crippen molar-refractivity contribution in [2.24, 2.45) is 0 Å². The summed E-state index contributed by atoms with van der Waals surface area (Å²) < 4.78 is 5.72. The van der Waals surface area contributed by atoms with Gasteiger partial charge in [0.05, 0.1) is 17.3 Å². The second kappa shape index (κ2) is 9.57. The van der Waals surface area contributed by atoms with Crippen LogP contribution < -0.4 is 10.1 Å². The predicted octanol–water partition coefficient (Wildman–Crippen LogP) is 2.89. The van der Waals surface area contributed by atoms with Crippen LogP contribution in [0.15, 0.2) is 54.6 Å². The average Bonchev–Trinajstić information content (AvgIpc) is 2.70. The molecule has 0 aromatic heterocycles. The summed E-state index contributed by atoms with van der Waals surface area (Å²) in [6, 6.07) is 16.5. The van der Waals surface area contributed by atoms with Crippen molar-refractivity contribution in [2.75, 3.05) is 38.0 Å². The Labute approximate surface area is 170 Å². The summed E-state index contributed by atoms with van der Waals surface area (Å²) in [5, 5.41) is 3.34. The Bertz CT molecular complexity index is 808. The Hall–Kier alpha value is -2.57. The molecular weight excluding hydrogens is 378 g/mol. The molecule has 1 N–H and O–H groups in total. The molecule has 7 heteroatoms. The molecule has 2 amide bonds. The molecule has 1 aliphatic heterocycles. The van der Waals surface area contributed by atoms with Crippen LogP contribution in [-0.2, 0) is 9.59 Å². The van der Waals surface area contributed by atoms with E-state index in [0.29, 0.717) is 42.6 Å². The molecule has 1 atom stereocenters. The maximum absolute atomic E-state index is 12.6. The molecule has 0 saturated carbocycles. The number of hydrogen-bond donors (Lipinski definition) is 1. The number of rotatable bonds is 6. The van der Waals surface area contributed by atoms with Gasteiger partial charge >= 0.3 is 0 Å². The third-order valence-corrected chi connectivity index (χ3v) is 4.93. The highest BCUT2D eigenvalue weighted by molar-refractivity contribution is 6.33. The molecule has 2 aromatic carbocycles. The van der Waals surface area contributed by atoms with Crippen LogP contribution in [0.2, 0.25) is 5.02 Å². The van der Waals surface area contributed by atoms with Gasteiger partial charge in [-0.1, -0.05) is 41.9 Å². The third kappa shape index (κ3) is 5.47. The van der Waals surface area contributed by atoms with Gasteiger partial charge in [0.25, 0.3) is 5.91 Å². The van der Waals surface area contributed by atoms with Gasteiger partial charge in [0.2, 0.25) is 5.91 Å². The highest BCUT2D eigenvalue weighted by Gasteiger charge is 2.26. The third-order valence-electron chi connectivity index (χ3n) is 4.60. The lowest BCUT2D eigenvalue weighted by molar-refractivity contribution is -0.139. The van der Waals surface area contributed by atoms with E-state index >= 15 is 0 Å². The van der Waals surface area contributed by atoms with Crippen LogP contribution in [0.4, 0.5) is 5.69 Å². The topological polar surface area (TPSA) is 61.9 Å². The molecule has 1 heterocycles. The number of hydrogen-bond acceptors (Lipinski definition) is 4. The minimum atomic E-state index is -0.544. The predicted molar refractivity (Wildman–Crippen MR) is 110 cm³/mol. The normalized spacial score (nSPS) is 15.7. The van der Waals surface area contributed by atoms with Crippen molar-refractivity contribution >= 4 is 29.1 Å². The van der Waals surface area contributed by atoms with Crippen molar-refractivity contribution in [3.05, 3.63) is 59.6 Å². The maximum Gasteiger partial charge on any atom is 0.263 e. The quantitative estimate of drug-likeness (QED) is 0.808. The number of anilines is 1. The van der Waals surface area contributed by atoms with E-state index < -0.39 is 6.10 Å². The second-order valence-corrected chi connectivity index (χ2v) is 7.11. The van der Waals surface area contributed by atoms with Crippen LogP contribution in [0.5, 0.6) is 5.75 Å². The fourth-order valence-corrected chi connectivity index (χ4v) is 3.28. The summed E-state index contributed by atoms with van der Waals surface area (Å²) in [6.07, 6.45) is -0.544. The summed E-state index contributed by atoms with van der Waals surface area (Å²) in [6.45, 7) is 4.45. The standard InChI is InChI=1S/C21H24ClN3O3/c1-16(28-17-7-3-2-4-8-17)21(27)25-13-11-24(12-14-25)15-20(26)23-19-10-6-5-9-18(19)22/h2-10,16H,11-15H2,1H3,(H,23,26). The van der Waals surface area contributed by atoms with E-state index in [0.717, 1.165) is 0 Å². The number of carbonyl (C=O) groups excluding carboxylic acids is 2. The molecule has 0 spiro atoms. The molecule has 6 nitrogen and oxygen atoms in total. The van der Waals surface area contributed by atoms with Gasteiger partial charge in [-0.15, -0.1) is 0 Å². The molecule has 28 heavy (non-hydrogen) atoms. The van der Waals surface area contributed by atoms with E-state index in [1.807, 2.05) is 47.4 Å². The number of nitrogens with zero attached hydrogens (tertiary/aromatic N) is 2. The zero-order valence-electron chi connectivity index (χ0n) is 15.8. The molecule has 0 radical (unpaired) electrons. The first-order chi connectivity index (χ1) is 13.5. The smallest absolute Gasteiger partial charge is 0.263 e. The van der Waals surface area contributed by atoms with E-state index in [1.165, 1.54) is 0 Å². The summed E-state index contributed by atoms with van der Waals surface area (Å²) in [5.74, 6) is 0.524. The summed E-state index contributed by atoms with van der Waals surface area (Å²) >= 11 is 6.07. The number of amides is 2. The molecular formula is C21H24ClN3O3. The highest BCUT2D eigenvalue weighted by Crippen LogP contribution is 2.20. The molecule has 3 rings (SSSR count). The lowest BCUT2D eigenvalue weighted by atomic mass is 10.2. The molecule has 0 bridgehead atoms. The zero-order valence-corrected chi connectivity index (χ0v) is 16.6. The number of carbonyl (C=O) groups is 2. The van der Waals surface area contributed by atoms with Gasteiger partial charge in [0.1, 0.15) is 5.75 Å². The summed E-state index contributed by atoms with van der Waals surface area (Å²) in [4.78, 5) is 28.7. The molecule has 2 aromatic rings. The van der Waals surface area contributed by atoms with Crippen LogP contribution >= 0.6 is 11.6 Å². The van der Waals surface area contributed by atoms with Gasteiger partial charge in [0, 0.05) is 26.2 Å². The molecule has 1 unspecified atom stereocenters. The monoisotopic (exact) mass is 401 g/mol. The van der Waals surface area contributed by atoms with Crippen LogP contribution in [0.25, 0.3) is 0 Å². The van der Waals surface area contributed by atoms with Gasteiger partial charge in [-0.05, 0) is 31.2 Å². The van der Waals surface area contributed by atoms with E-state index in [-0.39, 0.29) is 18.4 Å². The number of piperazine rings is 1. The Kier molecular flexibility index (Phi) is 6.90.